The van der Waals surface area contributed by atoms with E-state index in [1.165, 1.54) is 6.92 Å². The quantitative estimate of drug-likeness (QED) is 0.849. The molecular formula is C10H9F2NO4. The number of halogens is 2. The fourth-order valence-corrected chi connectivity index (χ4v) is 1.18. The monoisotopic (exact) mass is 245 g/mol. The zero-order valence-corrected chi connectivity index (χ0v) is 8.74. The molecule has 0 radical (unpaired) electrons. The van der Waals surface area contributed by atoms with Gasteiger partial charge in [0.1, 0.15) is 5.75 Å². The number of carboxylic acids is 1. The predicted molar refractivity (Wildman–Crippen MR) is 54.3 cm³/mol. The van der Waals surface area contributed by atoms with Gasteiger partial charge in [-0.2, -0.15) is 8.78 Å². The van der Waals surface area contributed by atoms with Crippen molar-refractivity contribution in [3.63, 3.8) is 0 Å². The van der Waals surface area contributed by atoms with E-state index in [1.807, 2.05) is 0 Å². The molecule has 0 spiro atoms. The highest BCUT2D eigenvalue weighted by molar-refractivity contribution is 6.00. The first-order valence-electron chi connectivity index (χ1n) is 4.50. The van der Waals surface area contributed by atoms with Gasteiger partial charge in [-0.15, -0.1) is 0 Å². The third-order valence-corrected chi connectivity index (χ3v) is 1.76. The number of aromatic carboxylic acids is 1. The Morgan fingerprint density at radius 1 is 1.41 bits per heavy atom. The lowest BCUT2D eigenvalue weighted by Crippen LogP contribution is -2.11. The standard InChI is InChI=1S/C10H9F2NO4/c1-5(14)13-8-4-6(17-10(11)12)2-3-7(8)9(15)16/h2-4,10H,1H3,(H,13,14)(H,15,16). The molecular weight excluding hydrogens is 236 g/mol. The number of carbonyl (C=O) groups excluding carboxylic acids is 1. The molecule has 0 heterocycles. The number of ether oxygens (including phenoxy) is 1. The summed E-state index contributed by atoms with van der Waals surface area (Å²) in [4.78, 5) is 21.6. The number of amides is 1. The lowest BCUT2D eigenvalue weighted by molar-refractivity contribution is -0.114. The van der Waals surface area contributed by atoms with Gasteiger partial charge in [0.05, 0.1) is 11.3 Å². The number of nitrogens with one attached hydrogen (secondary N) is 1. The number of carboxylic acid groups (broad SMARTS) is 1. The maximum absolute atomic E-state index is 11.9. The van der Waals surface area contributed by atoms with Crippen molar-refractivity contribution in [2.24, 2.45) is 0 Å². The molecule has 17 heavy (non-hydrogen) atoms. The minimum absolute atomic E-state index is 0.0943. The van der Waals surface area contributed by atoms with Crippen LogP contribution in [0.4, 0.5) is 14.5 Å². The lowest BCUT2D eigenvalue weighted by atomic mass is 10.1. The minimum atomic E-state index is -3.02. The van der Waals surface area contributed by atoms with E-state index in [-0.39, 0.29) is 17.0 Å². The molecule has 1 amide bonds. The third kappa shape index (κ3) is 3.71. The van der Waals surface area contributed by atoms with Crippen molar-refractivity contribution in [2.45, 2.75) is 13.5 Å². The van der Waals surface area contributed by atoms with Gasteiger partial charge in [-0.05, 0) is 12.1 Å². The molecule has 0 unspecified atom stereocenters. The van der Waals surface area contributed by atoms with Crippen LogP contribution in [0.25, 0.3) is 0 Å². The van der Waals surface area contributed by atoms with Gasteiger partial charge in [-0.3, -0.25) is 4.79 Å². The molecule has 0 fully saturated rings. The molecule has 0 aliphatic rings. The van der Waals surface area contributed by atoms with Gasteiger partial charge in [0.2, 0.25) is 5.91 Å². The van der Waals surface area contributed by atoms with E-state index in [2.05, 4.69) is 10.1 Å². The molecule has 0 aliphatic carbocycles. The van der Waals surface area contributed by atoms with E-state index in [0.717, 1.165) is 18.2 Å². The smallest absolute Gasteiger partial charge is 0.387 e. The number of carbonyl (C=O) groups is 2. The van der Waals surface area contributed by atoms with Crippen LogP contribution in [0.3, 0.4) is 0 Å². The number of alkyl halides is 2. The highest BCUT2D eigenvalue weighted by Gasteiger charge is 2.13. The fourth-order valence-electron chi connectivity index (χ4n) is 1.18. The maximum Gasteiger partial charge on any atom is 0.387 e. The normalized spacial score (nSPS) is 10.1. The van der Waals surface area contributed by atoms with Crippen LogP contribution < -0.4 is 10.1 Å². The van der Waals surface area contributed by atoms with Crippen molar-refractivity contribution >= 4 is 17.6 Å². The average molecular weight is 245 g/mol. The number of hydrogen-bond acceptors (Lipinski definition) is 3. The summed E-state index contributed by atoms with van der Waals surface area (Å²) in [5.74, 6) is -2.02. The second-order valence-corrected chi connectivity index (χ2v) is 3.07. The Balaban J connectivity index is 3.09. The largest absolute Gasteiger partial charge is 0.478 e. The summed E-state index contributed by atoms with van der Waals surface area (Å²) in [6.07, 6.45) is 0. The van der Waals surface area contributed by atoms with Crippen molar-refractivity contribution in [2.75, 3.05) is 5.32 Å². The number of hydrogen-bond donors (Lipinski definition) is 2. The summed E-state index contributed by atoms with van der Waals surface area (Å²) in [6, 6.07) is 3.18. The fraction of sp³-hybridized carbons (Fsp3) is 0.200. The van der Waals surface area contributed by atoms with E-state index in [9.17, 15) is 18.4 Å². The Morgan fingerprint density at radius 3 is 2.53 bits per heavy atom. The summed E-state index contributed by atoms with van der Waals surface area (Å²) >= 11 is 0. The highest BCUT2D eigenvalue weighted by Crippen LogP contribution is 2.24. The first-order chi connectivity index (χ1) is 7.90. The Labute approximate surface area is 95.0 Å². The van der Waals surface area contributed by atoms with Crippen LogP contribution in [0.15, 0.2) is 18.2 Å². The average Bonchev–Trinajstić information content (AvgIpc) is 2.15. The van der Waals surface area contributed by atoms with Gasteiger partial charge >= 0.3 is 12.6 Å². The van der Waals surface area contributed by atoms with E-state index in [4.69, 9.17) is 5.11 Å². The molecule has 0 aromatic heterocycles. The van der Waals surface area contributed by atoms with Crippen molar-refractivity contribution < 1.29 is 28.2 Å². The second-order valence-electron chi connectivity index (χ2n) is 3.07. The topological polar surface area (TPSA) is 75.6 Å². The lowest BCUT2D eigenvalue weighted by Gasteiger charge is -2.10. The number of rotatable bonds is 4. The number of benzene rings is 1. The van der Waals surface area contributed by atoms with E-state index < -0.39 is 18.5 Å². The van der Waals surface area contributed by atoms with Gasteiger partial charge < -0.3 is 15.2 Å². The SMILES string of the molecule is CC(=O)Nc1cc(OC(F)F)ccc1C(=O)O. The van der Waals surface area contributed by atoms with E-state index >= 15 is 0 Å². The van der Waals surface area contributed by atoms with Crippen LogP contribution in [0.5, 0.6) is 5.75 Å². The summed E-state index contributed by atoms with van der Waals surface area (Å²) in [5.41, 5.74) is -0.301. The van der Waals surface area contributed by atoms with E-state index in [1.54, 1.807) is 0 Å². The highest BCUT2D eigenvalue weighted by atomic mass is 19.3. The van der Waals surface area contributed by atoms with Gasteiger partial charge in [0, 0.05) is 13.0 Å². The van der Waals surface area contributed by atoms with Gasteiger partial charge in [0.25, 0.3) is 0 Å². The van der Waals surface area contributed by atoms with Gasteiger partial charge in [-0.1, -0.05) is 0 Å². The van der Waals surface area contributed by atoms with Crippen LogP contribution in [0, 0.1) is 0 Å². The first kappa shape index (κ1) is 12.9. The predicted octanol–water partition coefficient (Wildman–Crippen LogP) is 1.94. The Bertz CT molecular complexity index is 448. The summed E-state index contributed by atoms with van der Waals surface area (Å²) in [7, 11) is 0. The molecule has 5 nitrogen and oxygen atoms in total. The maximum atomic E-state index is 11.9. The van der Waals surface area contributed by atoms with Crippen molar-refractivity contribution in [1.29, 1.82) is 0 Å². The molecule has 1 aromatic rings. The Kier molecular flexibility index (Phi) is 3.97. The van der Waals surface area contributed by atoms with Crippen LogP contribution in [-0.4, -0.2) is 23.6 Å². The van der Waals surface area contributed by atoms with Crippen LogP contribution in [-0.2, 0) is 4.79 Å². The van der Waals surface area contributed by atoms with E-state index in [0.29, 0.717) is 0 Å². The minimum Gasteiger partial charge on any atom is -0.478 e. The summed E-state index contributed by atoms with van der Waals surface area (Å²) < 4.78 is 28.0. The third-order valence-electron chi connectivity index (χ3n) is 1.76. The molecule has 7 heteroatoms. The molecule has 0 saturated heterocycles. The molecule has 1 rings (SSSR count). The Morgan fingerprint density at radius 2 is 2.06 bits per heavy atom. The molecule has 0 saturated carbocycles. The van der Waals surface area contributed by atoms with Crippen LogP contribution in [0.2, 0.25) is 0 Å². The van der Waals surface area contributed by atoms with Crippen molar-refractivity contribution in [3.05, 3.63) is 23.8 Å². The molecule has 1 aromatic carbocycles. The molecule has 92 valence electrons. The second kappa shape index (κ2) is 5.24. The van der Waals surface area contributed by atoms with Crippen LogP contribution >= 0.6 is 0 Å². The molecule has 0 aliphatic heterocycles. The molecule has 0 atom stereocenters. The van der Waals surface area contributed by atoms with Gasteiger partial charge in [0.15, 0.2) is 0 Å². The van der Waals surface area contributed by atoms with Gasteiger partial charge in [-0.25, -0.2) is 4.79 Å². The zero-order valence-electron chi connectivity index (χ0n) is 8.74. The summed E-state index contributed by atoms with van der Waals surface area (Å²) in [5, 5.41) is 11.0. The first-order valence-corrected chi connectivity index (χ1v) is 4.50. The molecule has 0 bridgehead atoms. The zero-order chi connectivity index (χ0) is 13.0. The number of anilines is 1. The van der Waals surface area contributed by atoms with Crippen molar-refractivity contribution in [1.82, 2.24) is 0 Å². The summed E-state index contributed by atoms with van der Waals surface area (Å²) in [6.45, 7) is -1.84. The van der Waals surface area contributed by atoms with Crippen LogP contribution in [0.1, 0.15) is 17.3 Å². The molecule has 2 N–H and O–H groups in total. The Hall–Kier alpha value is -2.18. The van der Waals surface area contributed by atoms with Crippen molar-refractivity contribution in [3.8, 4) is 5.75 Å².